The molecule has 1 atom stereocenters. The molecule has 0 spiro atoms. The number of carbonyl (C=O) groups is 1. The van der Waals surface area contributed by atoms with Crippen LogP contribution in [0.4, 0.5) is 9.80 Å². The maximum Gasteiger partial charge on any atom is 0.415 e. The van der Waals surface area contributed by atoms with Crippen molar-refractivity contribution in [3.05, 3.63) is 12.3 Å². The maximum atomic E-state index is 11.7. The van der Waals surface area contributed by atoms with E-state index in [-0.39, 0.29) is 12.2 Å². The van der Waals surface area contributed by atoms with Gasteiger partial charge in [-0.15, -0.1) is 0 Å². The Morgan fingerprint density at radius 1 is 1.53 bits per heavy atom. The van der Waals surface area contributed by atoms with Crippen molar-refractivity contribution in [2.75, 3.05) is 11.4 Å². The Morgan fingerprint density at radius 2 is 2.41 bits per heavy atom. The standard InChI is InChI=1S/C12H18N2O2S/c1-2-3-4-5-6-10-9-14(12(15)16-10)11-7-8-13-17-11/h7-8,10H,2-6,9H2,1H3. The first kappa shape index (κ1) is 12.4. The smallest absolute Gasteiger partial charge is 0.415 e. The van der Waals surface area contributed by atoms with Gasteiger partial charge < -0.3 is 4.74 Å². The topological polar surface area (TPSA) is 42.4 Å². The predicted molar refractivity (Wildman–Crippen MR) is 68.5 cm³/mol. The van der Waals surface area contributed by atoms with Crippen LogP contribution < -0.4 is 4.90 Å². The van der Waals surface area contributed by atoms with Gasteiger partial charge in [0, 0.05) is 6.20 Å². The van der Waals surface area contributed by atoms with E-state index in [0.717, 1.165) is 17.8 Å². The molecule has 1 fully saturated rings. The summed E-state index contributed by atoms with van der Waals surface area (Å²) in [7, 11) is 0. The Balaban J connectivity index is 1.79. The van der Waals surface area contributed by atoms with E-state index in [1.807, 2.05) is 6.07 Å². The molecule has 2 heterocycles. The third-order valence-corrected chi connectivity index (χ3v) is 3.71. The van der Waals surface area contributed by atoms with Gasteiger partial charge in [0.15, 0.2) is 0 Å². The predicted octanol–water partition coefficient (Wildman–Crippen LogP) is 3.44. The van der Waals surface area contributed by atoms with Crippen LogP contribution in [0.15, 0.2) is 12.3 Å². The highest BCUT2D eigenvalue weighted by Gasteiger charge is 2.32. The Bertz CT molecular complexity index is 353. The zero-order valence-corrected chi connectivity index (χ0v) is 10.9. The molecular weight excluding hydrogens is 236 g/mol. The number of ether oxygens (including phenoxy) is 1. The molecule has 4 nitrogen and oxygen atoms in total. The molecule has 1 saturated heterocycles. The van der Waals surface area contributed by atoms with Crippen molar-refractivity contribution in [2.45, 2.75) is 45.1 Å². The Kier molecular flexibility index (Phi) is 4.36. The van der Waals surface area contributed by atoms with Gasteiger partial charge in [-0.3, -0.25) is 4.90 Å². The lowest BCUT2D eigenvalue weighted by molar-refractivity contribution is 0.135. The average Bonchev–Trinajstić information content (AvgIpc) is 2.93. The van der Waals surface area contributed by atoms with Crippen LogP contribution in [0.2, 0.25) is 0 Å². The lowest BCUT2D eigenvalue weighted by Gasteiger charge is -2.08. The largest absolute Gasteiger partial charge is 0.444 e. The summed E-state index contributed by atoms with van der Waals surface area (Å²) in [6.07, 6.45) is 7.38. The molecule has 1 unspecified atom stereocenters. The Morgan fingerprint density at radius 3 is 3.12 bits per heavy atom. The minimum atomic E-state index is -0.227. The van der Waals surface area contributed by atoms with Crippen LogP contribution in [0.1, 0.15) is 39.0 Å². The molecule has 0 bridgehead atoms. The summed E-state index contributed by atoms with van der Waals surface area (Å²) >= 11 is 1.33. The Hall–Kier alpha value is -1.10. The fourth-order valence-corrected chi connectivity index (χ4v) is 2.60. The van der Waals surface area contributed by atoms with Crippen LogP contribution in [0.5, 0.6) is 0 Å². The fraction of sp³-hybridized carbons (Fsp3) is 0.667. The molecule has 1 aliphatic rings. The van der Waals surface area contributed by atoms with E-state index in [1.54, 1.807) is 11.1 Å². The molecule has 2 rings (SSSR count). The van der Waals surface area contributed by atoms with Gasteiger partial charge in [0.25, 0.3) is 0 Å². The second-order valence-electron chi connectivity index (χ2n) is 4.32. The van der Waals surface area contributed by atoms with Crippen molar-refractivity contribution in [3.63, 3.8) is 0 Å². The van der Waals surface area contributed by atoms with E-state index in [0.29, 0.717) is 6.54 Å². The summed E-state index contributed by atoms with van der Waals surface area (Å²) in [6, 6.07) is 1.85. The van der Waals surface area contributed by atoms with Crippen molar-refractivity contribution in [1.82, 2.24) is 4.37 Å². The number of hydrogen-bond donors (Lipinski definition) is 0. The monoisotopic (exact) mass is 254 g/mol. The van der Waals surface area contributed by atoms with E-state index in [4.69, 9.17) is 4.74 Å². The highest BCUT2D eigenvalue weighted by Crippen LogP contribution is 2.26. The van der Waals surface area contributed by atoms with Crippen molar-refractivity contribution in [2.24, 2.45) is 0 Å². The van der Waals surface area contributed by atoms with Crippen LogP contribution in [0, 0.1) is 0 Å². The lowest BCUT2D eigenvalue weighted by atomic mass is 10.1. The molecule has 0 aliphatic carbocycles. The molecule has 17 heavy (non-hydrogen) atoms. The second kappa shape index (κ2) is 6.00. The van der Waals surface area contributed by atoms with E-state index in [9.17, 15) is 4.79 Å². The fourth-order valence-electron chi connectivity index (χ4n) is 2.00. The second-order valence-corrected chi connectivity index (χ2v) is 5.13. The number of anilines is 1. The first-order chi connectivity index (χ1) is 8.31. The molecule has 5 heteroatoms. The van der Waals surface area contributed by atoms with Gasteiger partial charge in [-0.05, 0) is 30.4 Å². The number of carbonyl (C=O) groups excluding carboxylic acids is 1. The van der Waals surface area contributed by atoms with Gasteiger partial charge in [0.2, 0.25) is 0 Å². The number of cyclic esters (lactones) is 1. The molecule has 0 radical (unpaired) electrons. The molecular formula is C12H18N2O2S. The summed E-state index contributed by atoms with van der Waals surface area (Å²) in [5.74, 6) is 0. The molecule has 1 amide bonds. The van der Waals surface area contributed by atoms with Gasteiger partial charge in [0.1, 0.15) is 11.1 Å². The van der Waals surface area contributed by atoms with Crippen LogP contribution in [-0.2, 0) is 4.74 Å². The molecule has 0 saturated carbocycles. The van der Waals surface area contributed by atoms with Gasteiger partial charge in [-0.25, -0.2) is 4.79 Å². The third-order valence-electron chi connectivity index (χ3n) is 2.94. The highest BCUT2D eigenvalue weighted by atomic mass is 32.1. The quantitative estimate of drug-likeness (QED) is 0.730. The first-order valence-corrected chi connectivity index (χ1v) is 6.97. The van der Waals surface area contributed by atoms with Crippen LogP contribution in [-0.4, -0.2) is 23.1 Å². The van der Waals surface area contributed by atoms with Gasteiger partial charge in [0.05, 0.1) is 6.54 Å². The summed E-state index contributed by atoms with van der Waals surface area (Å²) in [5.41, 5.74) is 0. The van der Waals surface area contributed by atoms with E-state index >= 15 is 0 Å². The normalized spacial score (nSPS) is 19.7. The average molecular weight is 254 g/mol. The summed E-state index contributed by atoms with van der Waals surface area (Å²) in [6.45, 7) is 2.87. The zero-order valence-electron chi connectivity index (χ0n) is 10.1. The first-order valence-electron chi connectivity index (χ1n) is 6.20. The van der Waals surface area contributed by atoms with E-state index in [2.05, 4.69) is 11.3 Å². The number of rotatable bonds is 6. The number of nitrogens with zero attached hydrogens (tertiary/aromatic N) is 2. The highest BCUT2D eigenvalue weighted by molar-refractivity contribution is 7.10. The molecule has 0 N–H and O–H groups in total. The summed E-state index contributed by atoms with van der Waals surface area (Å²) in [4.78, 5) is 13.3. The minimum Gasteiger partial charge on any atom is -0.444 e. The number of unbranched alkanes of at least 4 members (excludes halogenated alkanes) is 3. The van der Waals surface area contributed by atoms with Gasteiger partial charge in [-0.1, -0.05) is 26.2 Å². The molecule has 1 aromatic rings. The Labute approximate surface area is 106 Å². The SMILES string of the molecule is CCCCCCC1CN(c2ccns2)C(=O)O1. The van der Waals surface area contributed by atoms with Gasteiger partial charge >= 0.3 is 6.09 Å². The van der Waals surface area contributed by atoms with Gasteiger partial charge in [-0.2, -0.15) is 4.37 Å². The molecule has 94 valence electrons. The molecule has 0 aromatic carbocycles. The molecule has 1 aliphatic heterocycles. The van der Waals surface area contributed by atoms with Crippen molar-refractivity contribution >= 4 is 22.6 Å². The van der Waals surface area contributed by atoms with E-state index < -0.39 is 0 Å². The summed E-state index contributed by atoms with van der Waals surface area (Å²) < 4.78 is 9.35. The van der Waals surface area contributed by atoms with Crippen LogP contribution in [0.25, 0.3) is 0 Å². The number of hydrogen-bond acceptors (Lipinski definition) is 4. The molecule has 1 aromatic heterocycles. The lowest BCUT2D eigenvalue weighted by Crippen LogP contribution is -2.23. The van der Waals surface area contributed by atoms with E-state index in [1.165, 1.54) is 30.8 Å². The van der Waals surface area contributed by atoms with Crippen molar-refractivity contribution < 1.29 is 9.53 Å². The van der Waals surface area contributed by atoms with Crippen LogP contribution in [0.3, 0.4) is 0 Å². The zero-order chi connectivity index (χ0) is 12.1. The third kappa shape index (κ3) is 3.19. The summed E-state index contributed by atoms with van der Waals surface area (Å²) in [5, 5.41) is 0.881. The van der Waals surface area contributed by atoms with Crippen molar-refractivity contribution in [3.8, 4) is 0 Å². The van der Waals surface area contributed by atoms with Crippen LogP contribution >= 0.6 is 11.5 Å². The number of aromatic nitrogens is 1. The minimum absolute atomic E-state index is 0.0569. The number of amides is 1. The maximum absolute atomic E-state index is 11.7. The van der Waals surface area contributed by atoms with Crippen molar-refractivity contribution in [1.29, 1.82) is 0 Å².